The second-order valence-corrected chi connectivity index (χ2v) is 7.88. The first-order valence-electron chi connectivity index (χ1n) is 6.98. The molecule has 0 radical (unpaired) electrons. The number of fused-ring (bicyclic) bond motifs is 3. The van der Waals surface area contributed by atoms with Crippen molar-refractivity contribution in [2.75, 3.05) is 0 Å². The van der Waals surface area contributed by atoms with E-state index in [1.54, 1.807) is 0 Å². The van der Waals surface area contributed by atoms with Crippen LogP contribution in [0.2, 0.25) is 0 Å². The van der Waals surface area contributed by atoms with Crippen LogP contribution in [-0.2, 0) is 0 Å². The van der Waals surface area contributed by atoms with E-state index in [-0.39, 0.29) is 11.1 Å². The van der Waals surface area contributed by atoms with Crippen LogP contribution < -0.4 is 0 Å². The Balaban J connectivity index is 2.23. The van der Waals surface area contributed by atoms with Gasteiger partial charge in [-0.1, -0.05) is 0 Å². The summed E-state index contributed by atoms with van der Waals surface area (Å²) in [6.45, 7) is 12.4. The molecule has 0 fully saturated rings. The summed E-state index contributed by atoms with van der Waals surface area (Å²) < 4.78 is 0. The Labute approximate surface area is 114 Å². The molecule has 104 valence electrons. The average Bonchev–Trinajstić information content (AvgIpc) is 2.60. The first kappa shape index (κ1) is 13.0. The smallest absolute Gasteiger partial charge is 0.150 e. The highest BCUT2D eigenvalue weighted by Crippen LogP contribution is 2.45. The summed E-state index contributed by atoms with van der Waals surface area (Å²) in [5.74, 6) is 0. The van der Waals surface area contributed by atoms with Crippen molar-refractivity contribution in [3.8, 4) is 0 Å². The summed E-state index contributed by atoms with van der Waals surface area (Å²) in [6, 6.07) is 0. The van der Waals surface area contributed by atoms with Gasteiger partial charge < -0.3 is 5.11 Å². The predicted molar refractivity (Wildman–Crippen MR) is 78.7 cm³/mol. The van der Waals surface area contributed by atoms with Crippen molar-refractivity contribution in [2.24, 2.45) is 15.0 Å². The highest BCUT2D eigenvalue weighted by atomic mass is 16.3. The number of aliphatic hydroxyl groups is 1. The molecule has 0 saturated heterocycles. The Morgan fingerprint density at radius 3 is 2.16 bits per heavy atom. The van der Waals surface area contributed by atoms with Gasteiger partial charge in [0, 0.05) is 12.8 Å². The molecule has 19 heavy (non-hydrogen) atoms. The van der Waals surface area contributed by atoms with Crippen LogP contribution in [0.25, 0.3) is 0 Å². The maximum Gasteiger partial charge on any atom is 0.150 e. The lowest BCUT2D eigenvalue weighted by Gasteiger charge is -2.37. The van der Waals surface area contributed by atoms with E-state index in [0.29, 0.717) is 6.42 Å². The third kappa shape index (κ3) is 1.72. The lowest BCUT2D eigenvalue weighted by Crippen LogP contribution is -2.58. The normalized spacial score (nSPS) is 37.1. The Hall–Kier alpha value is -1.03. The van der Waals surface area contributed by atoms with Gasteiger partial charge in [-0.25, -0.2) is 0 Å². The van der Waals surface area contributed by atoms with Gasteiger partial charge in [0.1, 0.15) is 5.60 Å². The van der Waals surface area contributed by atoms with Crippen LogP contribution in [0.5, 0.6) is 0 Å². The highest BCUT2D eigenvalue weighted by Gasteiger charge is 2.59. The molecule has 1 N–H and O–H groups in total. The molecule has 0 aromatic rings. The summed E-state index contributed by atoms with van der Waals surface area (Å²) in [7, 11) is 0. The van der Waals surface area contributed by atoms with Crippen molar-refractivity contribution < 1.29 is 5.11 Å². The summed E-state index contributed by atoms with van der Waals surface area (Å²) in [4.78, 5) is 14.3. The Kier molecular flexibility index (Phi) is 2.16. The number of hydrogen-bond acceptors (Lipinski definition) is 4. The molecule has 0 saturated carbocycles. The van der Waals surface area contributed by atoms with Gasteiger partial charge in [0.25, 0.3) is 0 Å². The third-order valence-corrected chi connectivity index (χ3v) is 4.17. The Morgan fingerprint density at radius 2 is 1.53 bits per heavy atom. The van der Waals surface area contributed by atoms with Crippen molar-refractivity contribution in [2.45, 2.75) is 76.6 Å². The van der Waals surface area contributed by atoms with Crippen LogP contribution >= 0.6 is 0 Å². The molecule has 0 aromatic carbocycles. The van der Waals surface area contributed by atoms with E-state index >= 15 is 0 Å². The zero-order valence-corrected chi connectivity index (χ0v) is 12.7. The number of rotatable bonds is 0. The van der Waals surface area contributed by atoms with Crippen molar-refractivity contribution in [1.82, 2.24) is 0 Å². The van der Waals surface area contributed by atoms with Gasteiger partial charge in [0.15, 0.2) is 0 Å². The van der Waals surface area contributed by atoms with Gasteiger partial charge in [-0.15, -0.1) is 0 Å². The second kappa shape index (κ2) is 3.17. The minimum Gasteiger partial charge on any atom is -0.377 e. The number of nitrogens with zero attached hydrogens (tertiary/aromatic N) is 3. The van der Waals surface area contributed by atoms with E-state index in [2.05, 4.69) is 27.7 Å². The largest absolute Gasteiger partial charge is 0.377 e. The Morgan fingerprint density at radius 1 is 0.895 bits per heavy atom. The van der Waals surface area contributed by atoms with E-state index in [4.69, 9.17) is 15.0 Å². The van der Waals surface area contributed by atoms with Crippen LogP contribution in [0.4, 0.5) is 0 Å². The van der Waals surface area contributed by atoms with Crippen molar-refractivity contribution in [3.05, 3.63) is 0 Å². The van der Waals surface area contributed by atoms with Crippen LogP contribution in [-0.4, -0.2) is 44.5 Å². The van der Waals surface area contributed by atoms with Crippen molar-refractivity contribution >= 4 is 17.1 Å². The van der Waals surface area contributed by atoms with E-state index in [1.165, 1.54) is 0 Å². The number of aliphatic imine (C=N–C) groups is 3. The zero-order chi connectivity index (χ0) is 14.3. The van der Waals surface area contributed by atoms with Crippen LogP contribution in [0.15, 0.2) is 15.0 Å². The number of hydrogen-bond donors (Lipinski definition) is 1. The quantitative estimate of drug-likeness (QED) is 0.714. The summed E-state index contributed by atoms with van der Waals surface area (Å²) in [5, 5.41) is 11.2. The van der Waals surface area contributed by atoms with Gasteiger partial charge >= 0.3 is 0 Å². The van der Waals surface area contributed by atoms with Gasteiger partial charge in [-0.2, -0.15) is 0 Å². The molecule has 4 nitrogen and oxygen atoms in total. The summed E-state index contributed by atoms with van der Waals surface area (Å²) in [5.41, 5.74) is 0.652. The maximum atomic E-state index is 11.2. The van der Waals surface area contributed by atoms with Gasteiger partial charge in [0.05, 0.1) is 33.8 Å². The predicted octanol–water partition coefficient (Wildman–Crippen LogP) is 2.20. The minimum absolute atomic E-state index is 0.165. The standard InChI is InChI=1S/C15H23N3O/c1-12(2)7-9-10(17-12)15(19)8-13(3,4)18-11(15)14(5,6)16-9/h19H,7-8H2,1-6H3. The summed E-state index contributed by atoms with van der Waals surface area (Å²) >= 11 is 0. The topological polar surface area (TPSA) is 57.3 Å². The second-order valence-electron chi connectivity index (χ2n) is 7.88. The average molecular weight is 261 g/mol. The molecule has 0 aromatic heterocycles. The van der Waals surface area contributed by atoms with E-state index < -0.39 is 11.1 Å². The van der Waals surface area contributed by atoms with E-state index in [1.807, 2.05) is 13.8 Å². The third-order valence-electron chi connectivity index (χ3n) is 4.17. The monoisotopic (exact) mass is 261 g/mol. The SMILES string of the molecule is CC1(C)CC2=NC(C)(C)C3=NC(C)(C)CC3(O)C2=N1. The molecule has 3 aliphatic heterocycles. The van der Waals surface area contributed by atoms with Gasteiger partial charge in [-0.3, -0.25) is 15.0 Å². The van der Waals surface area contributed by atoms with Crippen molar-refractivity contribution in [1.29, 1.82) is 0 Å². The molecular formula is C15H23N3O. The van der Waals surface area contributed by atoms with Crippen LogP contribution in [0, 0.1) is 0 Å². The fourth-order valence-corrected chi connectivity index (χ4v) is 3.70. The van der Waals surface area contributed by atoms with Crippen LogP contribution in [0.1, 0.15) is 54.4 Å². The Bertz CT molecular complexity index is 552. The summed E-state index contributed by atoms with van der Waals surface area (Å²) in [6.07, 6.45) is 1.41. The lowest BCUT2D eigenvalue weighted by molar-refractivity contribution is 0.160. The first-order chi connectivity index (χ1) is 8.45. The molecule has 4 heteroatoms. The molecule has 1 atom stereocenters. The lowest BCUT2D eigenvalue weighted by atomic mass is 9.74. The molecule has 1 unspecified atom stereocenters. The molecule has 3 rings (SSSR count). The van der Waals surface area contributed by atoms with Gasteiger partial charge in [0.2, 0.25) is 0 Å². The molecular weight excluding hydrogens is 238 g/mol. The first-order valence-corrected chi connectivity index (χ1v) is 6.98. The minimum atomic E-state index is -1.02. The van der Waals surface area contributed by atoms with Crippen LogP contribution in [0.3, 0.4) is 0 Å². The fourth-order valence-electron chi connectivity index (χ4n) is 3.70. The molecule has 3 aliphatic rings. The van der Waals surface area contributed by atoms with E-state index in [9.17, 15) is 5.11 Å². The zero-order valence-electron chi connectivity index (χ0n) is 12.7. The van der Waals surface area contributed by atoms with Gasteiger partial charge in [-0.05, 0) is 41.5 Å². The molecule has 0 spiro atoms. The fraction of sp³-hybridized carbons (Fsp3) is 0.800. The molecule has 0 aliphatic carbocycles. The van der Waals surface area contributed by atoms with E-state index in [0.717, 1.165) is 23.6 Å². The molecule has 3 heterocycles. The highest BCUT2D eigenvalue weighted by molar-refractivity contribution is 6.53. The van der Waals surface area contributed by atoms with Crippen molar-refractivity contribution in [3.63, 3.8) is 0 Å². The molecule has 0 bridgehead atoms. The molecule has 0 amide bonds. The maximum absolute atomic E-state index is 11.2.